The van der Waals surface area contributed by atoms with Crippen LogP contribution in [0.15, 0.2) is 72.9 Å². The maximum atomic E-state index is 11.8. The lowest BCUT2D eigenvalue weighted by atomic mass is 10.2. The first-order valence-corrected chi connectivity index (χ1v) is 15.4. The summed E-state index contributed by atoms with van der Waals surface area (Å²) in [4.78, 5) is 43.4. The molecule has 42 heavy (non-hydrogen) atoms. The molecule has 11 nitrogen and oxygen atoms in total. The minimum absolute atomic E-state index is 0.0943. The van der Waals surface area contributed by atoms with Crippen molar-refractivity contribution in [3.05, 3.63) is 72.9 Å². The topological polar surface area (TPSA) is 169 Å². The quantitative estimate of drug-likeness (QED) is 0.0655. The van der Waals surface area contributed by atoms with Crippen LogP contribution in [0.2, 0.25) is 0 Å². The molecule has 0 saturated carbocycles. The molecule has 4 N–H and O–H groups in total. The number of allylic oxidation sites excluding steroid dienone is 12. The molecule has 0 aliphatic heterocycles. The van der Waals surface area contributed by atoms with Crippen molar-refractivity contribution in [3.8, 4) is 0 Å². The average molecular weight is 612 g/mol. The summed E-state index contributed by atoms with van der Waals surface area (Å²) in [5.74, 6) is -2.70. The first-order valence-electron chi connectivity index (χ1n) is 13.9. The first kappa shape index (κ1) is 38.9. The second-order valence-electron chi connectivity index (χ2n) is 8.94. The van der Waals surface area contributed by atoms with E-state index in [2.05, 4.69) is 70.7 Å². The van der Waals surface area contributed by atoms with E-state index in [1.54, 1.807) is 0 Å². The number of esters is 1. The van der Waals surface area contributed by atoms with Crippen LogP contribution in [-0.2, 0) is 32.7 Å². The minimum atomic E-state index is -4.72. The van der Waals surface area contributed by atoms with Crippen molar-refractivity contribution < 1.29 is 47.8 Å². The Labute approximate surface area is 248 Å². The van der Waals surface area contributed by atoms with Crippen LogP contribution in [0.4, 0.5) is 0 Å². The molecule has 0 fully saturated rings. The van der Waals surface area contributed by atoms with E-state index >= 15 is 0 Å². The number of hydrogen-bond donors (Lipinski definition) is 4. The van der Waals surface area contributed by atoms with Gasteiger partial charge in [0.1, 0.15) is 12.7 Å². The maximum absolute atomic E-state index is 11.8. The second-order valence-corrected chi connectivity index (χ2v) is 10.4. The number of rotatable bonds is 24. The van der Waals surface area contributed by atoms with Gasteiger partial charge in [0.05, 0.1) is 13.2 Å². The minimum Gasteiger partial charge on any atom is -0.480 e. The van der Waals surface area contributed by atoms with Gasteiger partial charge in [0.2, 0.25) is 5.91 Å². The lowest BCUT2D eigenvalue weighted by Crippen LogP contribution is -2.42. The van der Waals surface area contributed by atoms with Gasteiger partial charge < -0.3 is 25.2 Å². The molecule has 0 aromatic rings. The molecule has 0 bridgehead atoms. The Morgan fingerprint density at radius 2 is 1.21 bits per heavy atom. The average Bonchev–Trinajstić information content (AvgIpc) is 2.94. The number of amides is 1. The van der Waals surface area contributed by atoms with E-state index in [9.17, 15) is 28.9 Å². The van der Waals surface area contributed by atoms with Crippen molar-refractivity contribution >= 4 is 25.7 Å². The van der Waals surface area contributed by atoms with E-state index in [1.165, 1.54) is 0 Å². The van der Waals surface area contributed by atoms with Crippen LogP contribution in [0.3, 0.4) is 0 Å². The van der Waals surface area contributed by atoms with Gasteiger partial charge in [0.25, 0.3) is 0 Å². The van der Waals surface area contributed by atoms with Crippen LogP contribution >= 0.6 is 7.82 Å². The third-order valence-corrected chi connectivity index (χ3v) is 6.01. The normalized spacial score (nSPS) is 15.3. The van der Waals surface area contributed by atoms with Crippen molar-refractivity contribution in [2.24, 2.45) is 0 Å². The molecule has 0 radical (unpaired) electrons. The molecule has 0 aromatic carbocycles. The molecule has 0 rings (SSSR count). The predicted octanol–water partition coefficient (Wildman–Crippen LogP) is 5.09. The van der Waals surface area contributed by atoms with Crippen molar-refractivity contribution in [3.63, 3.8) is 0 Å². The summed E-state index contributed by atoms with van der Waals surface area (Å²) in [5, 5.41) is 20.8. The zero-order chi connectivity index (χ0) is 31.5. The molecule has 0 aliphatic rings. The number of carbonyl (C=O) groups excluding carboxylic acids is 2. The Kier molecular flexibility index (Phi) is 23.7. The highest BCUT2D eigenvalue weighted by Gasteiger charge is 2.28. The molecule has 1 amide bonds. The molecular formula is C30H46NO10P. The fraction of sp³-hybridized carbons (Fsp3) is 0.500. The number of hydrogen-bond acceptors (Lipinski definition) is 8. The van der Waals surface area contributed by atoms with Gasteiger partial charge in [-0.1, -0.05) is 79.8 Å². The molecule has 0 aromatic heterocycles. The van der Waals surface area contributed by atoms with Gasteiger partial charge in [-0.25, -0.2) is 9.36 Å². The summed E-state index contributed by atoms with van der Waals surface area (Å²) in [6.07, 6.45) is 29.7. The molecule has 12 heteroatoms. The molecule has 3 atom stereocenters. The zero-order valence-electron chi connectivity index (χ0n) is 24.5. The summed E-state index contributed by atoms with van der Waals surface area (Å²) < 4.78 is 25.8. The third-order valence-electron chi connectivity index (χ3n) is 5.06. The summed E-state index contributed by atoms with van der Waals surface area (Å²) in [6.45, 7) is 1.20. The number of aliphatic hydroxyl groups excluding tert-OH is 1. The fourth-order valence-corrected chi connectivity index (χ4v) is 3.73. The number of nitrogens with one attached hydrogen (secondary N) is 1. The summed E-state index contributed by atoms with van der Waals surface area (Å²) >= 11 is 0. The van der Waals surface area contributed by atoms with Gasteiger partial charge in [-0.3, -0.25) is 18.6 Å². The van der Waals surface area contributed by atoms with Gasteiger partial charge in [0.15, 0.2) is 6.04 Å². The van der Waals surface area contributed by atoms with Crippen molar-refractivity contribution in [2.45, 2.75) is 77.4 Å². The number of carboxylic acid groups (broad SMARTS) is 1. The zero-order valence-corrected chi connectivity index (χ0v) is 25.4. The largest absolute Gasteiger partial charge is 0.480 e. The molecule has 0 spiro atoms. The van der Waals surface area contributed by atoms with E-state index in [0.29, 0.717) is 6.42 Å². The van der Waals surface area contributed by atoms with Gasteiger partial charge in [-0.2, -0.15) is 0 Å². The molecule has 236 valence electrons. The van der Waals surface area contributed by atoms with E-state index in [0.717, 1.165) is 45.4 Å². The van der Waals surface area contributed by atoms with Gasteiger partial charge in [-0.05, 0) is 44.9 Å². The SMILES string of the molecule is CC/C=C\C/C=C\C/C=C\C/C=C\C/C=C\C/C=C\CCC(=O)OCC(O)COP(=O)(O)OCC(NC(C)=O)C(=O)O. The number of aliphatic hydroxyl groups is 1. The molecular weight excluding hydrogens is 565 g/mol. The Balaban J connectivity index is 3.94. The molecule has 0 saturated heterocycles. The summed E-state index contributed by atoms with van der Waals surface area (Å²) in [5.41, 5.74) is 0. The fourth-order valence-electron chi connectivity index (χ4n) is 2.96. The maximum Gasteiger partial charge on any atom is 0.472 e. The Hall–Kier alpha value is -3.08. The number of phosphoric ester groups is 1. The highest BCUT2D eigenvalue weighted by Crippen LogP contribution is 2.43. The highest BCUT2D eigenvalue weighted by atomic mass is 31.2. The smallest absolute Gasteiger partial charge is 0.472 e. The van der Waals surface area contributed by atoms with Crippen LogP contribution in [-0.4, -0.2) is 64.9 Å². The van der Waals surface area contributed by atoms with E-state index in [-0.39, 0.29) is 6.42 Å². The summed E-state index contributed by atoms with van der Waals surface area (Å²) in [6, 6.07) is -1.56. The highest BCUT2D eigenvalue weighted by molar-refractivity contribution is 7.47. The lowest BCUT2D eigenvalue weighted by molar-refractivity contribution is -0.147. The standard InChI is InChI=1S/C30H46NO10P/c1-3-4-5-6-7-8-9-10-11-12-13-14-15-16-17-18-19-20-21-22-29(34)39-23-27(33)24-40-42(37,38)41-25-28(30(35)36)31-26(2)32/h4-5,7-8,10-11,13-14,16-17,19-20,27-28,33H,3,6,9,12,15,18,21-25H2,1-2H3,(H,31,32)(H,35,36)(H,37,38)/b5-4-,8-7-,11-10-,14-13-,17-16-,20-19-. The predicted molar refractivity (Wildman–Crippen MR) is 161 cm³/mol. The Morgan fingerprint density at radius 1 is 0.762 bits per heavy atom. The van der Waals surface area contributed by atoms with Crippen LogP contribution in [0.5, 0.6) is 0 Å². The van der Waals surface area contributed by atoms with Crippen LogP contribution < -0.4 is 5.32 Å². The number of carbonyl (C=O) groups is 3. The number of carboxylic acids is 1. The first-order chi connectivity index (χ1) is 20.1. The van der Waals surface area contributed by atoms with E-state index in [4.69, 9.17) is 9.84 Å². The molecule has 0 aliphatic carbocycles. The van der Waals surface area contributed by atoms with Crippen LogP contribution in [0.1, 0.15) is 65.2 Å². The number of phosphoric acid groups is 1. The van der Waals surface area contributed by atoms with Crippen LogP contribution in [0.25, 0.3) is 0 Å². The van der Waals surface area contributed by atoms with Crippen molar-refractivity contribution in [1.82, 2.24) is 5.32 Å². The van der Waals surface area contributed by atoms with E-state index in [1.807, 2.05) is 23.5 Å². The second kappa shape index (κ2) is 25.6. The van der Waals surface area contributed by atoms with Crippen LogP contribution in [0, 0.1) is 0 Å². The van der Waals surface area contributed by atoms with Gasteiger partial charge >= 0.3 is 19.8 Å². The van der Waals surface area contributed by atoms with E-state index < -0.39 is 57.6 Å². The van der Waals surface area contributed by atoms with Gasteiger partial charge in [-0.15, -0.1) is 0 Å². The number of aliphatic carboxylic acids is 1. The monoisotopic (exact) mass is 611 g/mol. The Bertz CT molecular complexity index is 1000. The summed E-state index contributed by atoms with van der Waals surface area (Å²) in [7, 11) is -4.72. The third kappa shape index (κ3) is 25.9. The Morgan fingerprint density at radius 3 is 1.67 bits per heavy atom. The van der Waals surface area contributed by atoms with Gasteiger partial charge in [0, 0.05) is 13.3 Å². The number of ether oxygens (including phenoxy) is 1. The van der Waals surface area contributed by atoms with Crippen molar-refractivity contribution in [2.75, 3.05) is 19.8 Å². The lowest BCUT2D eigenvalue weighted by Gasteiger charge is -2.18. The molecule has 0 heterocycles. The van der Waals surface area contributed by atoms with Crippen molar-refractivity contribution in [1.29, 1.82) is 0 Å². The molecule has 3 unspecified atom stereocenters.